The summed E-state index contributed by atoms with van der Waals surface area (Å²) in [5.74, 6) is 1.26. The van der Waals surface area contributed by atoms with E-state index in [0.29, 0.717) is 28.8 Å². The minimum absolute atomic E-state index is 0.0879. The zero-order valence-electron chi connectivity index (χ0n) is 14.4. The number of aromatic nitrogens is 3. The second-order valence-corrected chi connectivity index (χ2v) is 7.15. The van der Waals surface area contributed by atoms with Gasteiger partial charge in [-0.25, -0.2) is 9.97 Å². The first kappa shape index (κ1) is 17.1. The molecule has 1 saturated carbocycles. The van der Waals surface area contributed by atoms with Gasteiger partial charge < -0.3 is 20.6 Å². The normalized spacial score (nSPS) is 20.0. The van der Waals surface area contributed by atoms with Crippen LogP contribution in [0.1, 0.15) is 24.8 Å². The SMILES string of the molecule is Cc1ccc2nc(-c3c(Cl)nc(N)nc3N[C@H]3CC[C@@H](CO)C3)oc2c1. The summed E-state index contributed by atoms with van der Waals surface area (Å²) in [5, 5.41) is 12.9. The third-order valence-electron chi connectivity index (χ3n) is 4.78. The average Bonchev–Trinajstić information content (AvgIpc) is 3.20. The number of nitrogens with zero attached hydrogens (tertiary/aromatic N) is 3. The average molecular weight is 374 g/mol. The molecule has 1 aliphatic carbocycles. The lowest BCUT2D eigenvalue weighted by Gasteiger charge is -2.16. The quantitative estimate of drug-likeness (QED) is 0.601. The van der Waals surface area contributed by atoms with Crippen molar-refractivity contribution >= 4 is 34.5 Å². The van der Waals surface area contributed by atoms with Crippen LogP contribution in [0.3, 0.4) is 0 Å². The number of oxazole rings is 1. The maximum atomic E-state index is 9.35. The maximum Gasteiger partial charge on any atom is 0.234 e. The van der Waals surface area contributed by atoms with E-state index in [0.717, 1.165) is 30.3 Å². The maximum absolute atomic E-state index is 9.35. The number of hydrogen-bond donors (Lipinski definition) is 3. The molecule has 1 aromatic carbocycles. The number of hydrogen-bond acceptors (Lipinski definition) is 7. The van der Waals surface area contributed by atoms with Crippen molar-refractivity contribution in [3.8, 4) is 11.5 Å². The van der Waals surface area contributed by atoms with Gasteiger partial charge in [-0.3, -0.25) is 0 Å². The summed E-state index contributed by atoms with van der Waals surface area (Å²) in [6, 6.07) is 5.98. The number of benzene rings is 1. The molecule has 136 valence electrons. The molecular formula is C18H20ClN5O2. The Morgan fingerprint density at radius 3 is 2.92 bits per heavy atom. The minimum atomic E-state index is 0.0879. The molecule has 4 rings (SSSR count). The Labute approximate surface area is 155 Å². The van der Waals surface area contributed by atoms with Crippen LogP contribution in [0.15, 0.2) is 22.6 Å². The highest BCUT2D eigenvalue weighted by Crippen LogP contribution is 2.36. The van der Waals surface area contributed by atoms with Crippen molar-refractivity contribution in [1.82, 2.24) is 15.0 Å². The van der Waals surface area contributed by atoms with E-state index in [9.17, 15) is 5.11 Å². The van der Waals surface area contributed by atoms with Crippen LogP contribution in [0.4, 0.5) is 11.8 Å². The number of anilines is 2. The first-order valence-corrected chi connectivity index (χ1v) is 8.99. The highest BCUT2D eigenvalue weighted by Gasteiger charge is 2.27. The van der Waals surface area contributed by atoms with Gasteiger partial charge in [0.2, 0.25) is 11.8 Å². The van der Waals surface area contributed by atoms with E-state index in [-0.39, 0.29) is 23.8 Å². The molecule has 2 heterocycles. The van der Waals surface area contributed by atoms with Crippen LogP contribution in [0.2, 0.25) is 5.15 Å². The summed E-state index contributed by atoms with van der Waals surface area (Å²) in [7, 11) is 0. The molecule has 8 heteroatoms. The molecule has 0 radical (unpaired) electrons. The summed E-state index contributed by atoms with van der Waals surface area (Å²) < 4.78 is 5.91. The molecule has 0 saturated heterocycles. The molecule has 2 atom stereocenters. The van der Waals surface area contributed by atoms with Crippen LogP contribution in [0.25, 0.3) is 22.6 Å². The fourth-order valence-corrected chi connectivity index (χ4v) is 3.70. The monoisotopic (exact) mass is 373 g/mol. The molecule has 0 unspecified atom stereocenters. The van der Waals surface area contributed by atoms with Gasteiger partial charge in [0.1, 0.15) is 22.1 Å². The number of aliphatic hydroxyl groups is 1. The predicted octanol–water partition coefficient (Wildman–Crippen LogP) is 3.40. The van der Waals surface area contributed by atoms with Crippen LogP contribution in [-0.2, 0) is 0 Å². The smallest absolute Gasteiger partial charge is 0.234 e. The van der Waals surface area contributed by atoms with Crippen LogP contribution >= 0.6 is 11.6 Å². The number of nitrogens with one attached hydrogen (secondary N) is 1. The van der Waals surface area contributed by atoms with Crippen molar-refractivity contribution in [2.75, 3.05) is 17.7 Å². The molecular weight excluding hydrogens is 354 g/mol. The number of halogens is 1. The van der Waals surface area contributed by atoms with E-state index in [2.05, 4.69) is 20.3 Å². The van der Waals surface area contributed by atoms with Gasteiger partial charge in [-0.05, 0) is 49.8 Å². The van der Waals surface area contributed by atoms with E-state index >= 15 is 0 Å². The van der Waals surface area contributed by atoms with E-state index in [1.54, 1.807) is 0 Å². The fourth-order valence-electron chi connectivity index (χ4n) is 3.45. The Bertz CT molecular complexity index is 958. The highest BCUT2D eigenvalue weighted by molar-refractivity contribution is 6.32. The number of fused-ring (bicyclic) bond motifs is 1. The largest absolute Gasteiger partial charge is 0.436 e. The van der Waals surface area contributed by atoms with Gasteiger partial charge in [-0.15, -0.1) is 0 Å². The van der Waals surface area contributed by atoms with Gasteiger partial charge in [0.05, 0.1) is 0 Å². The molecule has 0 aliphatic heterocycles. The lowest BCUT2D eigenvalue weighted by atomic mass is 10.1. The van der Waals surface area contributed by atoms with Gasteiger partial charge >= 0.3 is 0 Å². The lowest BCUT2D eigenvalue weighted by Crippen LogP contribution is -2.18. The Balaban J connectivity index is 1.74. The second-order valence-electron chi connectivity index (χ2n) is 6.79. The number of aliphatic hydroxyl groups excluding tert-OH is 1. The van der Waals surface area contributed by atoms with Gasteiger partial charge in [0, 0.05) is 12.6 Å². The van der Waals surface area contributed by atoms with Crippen molar-refractivity contribution in [2.24, 2.45) is 5.92 Å². The molecule has 26 heavy (non-hydrogen) atoms. The molecule has 4 N–H and O–H groups in total. The molecule has 2 aromatic heterocycles. The van der Waals surface area contributed by atoms with Crippen molar-refractivity contribution in [3.63, 3.8) is 0 Å². The molecule has 1 aliphatic rings. The summed E-state index contributed by atoms with van der Waals surface area (Å²) in [6.45, 7) is 2.19. The fraction of sp³-hybridized carbons (Fsp3) is 0.389. The number of nitrogen functional groups attached to an aromatic ring is 1. The first-order valence-electron chi connectivity index (χ1n) is 8.61. The van der Waals surface area contributed by atoms with Gasteiger partial charge in [0.25, 0.3) is 0 Å². The van der Waals surface area contributed by atoms with Crippen LogP contribution in [-0.4, -0.2) is 32.7 Å². The third kappa shape index (κ3) is 3.20. The highest BCUT2D eigenvalue weighted by atomic mass is 35.5. The standard InChI is InChI=1S/C18H20ClN5O2/c1-9-2-5-12-13(6-9)26-17(22-12)14-15(19)23-18(20)24-16(14)21-11-4-3-10(7-11)8-25/h2,5-6,10-11,25H,3-4,7-8H2,1H3,(H3,20,21,23,24)/t10-,11+/m1/s1. The van der Waals surface area contributed by atoms with Crippen molar-refractivity contribution < 1.29 is 9.52 Å². The van der Waals surface area contributed by atoms with E-state index in [4.69, 9.17) is 21.8 Å². The lowest BCUT2D eigenvalue weighted by molar-refractivity contribution is 0.229. The minimum Gasteiger partial charge on any atom is -0.436 e. The second kappa shape index (κ2) is 6.74. The Morgan fingerprint density at radius 1 is 1.31 bits per heavy atom. The van der Waals surface area contributed by atoms with E-state index < -0.39 is 0 Å². The number of rotatable bonds is 4. The van der Waals surface area contributed by atoms with E-state index in [1.165, 1.54) is 0 Å². The molecule has 0 amide bonds. The predicted molar refractivity (Wildman–Crippen MR) is 101 cm³/mol. The Kier molecular flexibility index (Phi) is 4.42. The number of aryl methyl sites for hydroxylation is 1. The van der Waals surface area contributed by atoms with Crippen molar-refractivity contribution in [1.29, 1.82) is 0 Å². The van der Waals surface area contributed by atoms with E-state index in [1.807, 2.05) is 25.1 Å². The summed E-state index contributed by atoms with van der Waals surface area (Å²) in [4.78, 5) is 12.9. The van der Waals surface area contributed by atoms with Crippen LogP contribution in [0.5, 0.6) is 0 Å². The van der Waals surface area contributed by atoms with Crippen LogP contribution < -0.4 is 11.1 Å². The van der Waals surface area contributed by atoms with Gasteiger partial charge in [-0.1, -0.05) is 17.7 Å². The van der Waals surface area contributed by atoms with Crippen LogP contribution in [0, 0.1) is 12.8 Å². The summed E-state index contributed by atoms with van der Waals surface area (Å²) >= 11 is 6.36. The van der Waals surface area contributed by atoms with Crippen molar-refractivity contribution in [3.05, 3.63) is 28.9 Å². The molecule has 1 fully saturated rings. The Morgan fingerprint density at radius 2 is 2.15 bits per heavy atom. The number of nitrogens with two attached hydrogens (primary N) is 1. The third-order valence-corrected chi connectivity index (χ3v) is 5.05. The molecule has 0 spiro atoms. The van der Waals surface area contributed by atoms with Gasteiger partial charge in [0.15, 0.2) is 5.58 Å². The summed E-state index contributed by atoms with van der Waals surface area (Å²) in [6.07, 6.45) is 2.78. The van der Waals surface area contributed by atoms with Crippen molar-refractivity contribution in [2.45, 2.75) is 32.2 Å². The molecule has 7 nitrogen and oxygen atoms in total. The Hall–Kier alpha value is -2.38. The van der Waals surface area contributed by atoms with Gasteiger partial charge in [-0.2, -0.15) is 4.98 Å². The zero-order valence-corrected chi connectivity index (χ0v) is 15.1. The zero-order chi connectivity index (χ0) is 18.3. The summed E-state index contributed by atoms with van der Waals surface area (Å²) in [5.41, 5.74) is 8.80. The molecule has 0 bridgehead atoms. The topological polar surface area (TPSA) is 110 Å². The first-order chi connectivity index (χ1) is 12.5. The molecule has 3 aromatic rings.